The number of nitrogens with zero attached hydrogens (tertiary/aromatic N) is 5. The van der Waals surface area contributed by atoms with Gasteiger partial charge in [-0.3, -0.25) is 4.90 Å². The molecule has 1 aliphatic rings. The highest BCUT2D eigenvalue weighted by Gasteiger charge is 2.31. The fraction of sp³-hybridized carbons (Fsp3) is 0.688. The van der Waals surface area contributed by atoms with Crippen LogP contribution in [0.1, 0.15) is 32.9 Å². The van der Waals surface area contributed by atoms with Crippen molar-refractivity contribution < 1.29 is 4.74 Å². The Balaban J connectivity index is 1.79. The number of anilines is 1. The Bertz CT molecular complexity index is 651. The quantitative estimate of drug-likeness (QED) is 0.872. The molecule has 0 spiro atoms. The lowest BCUT2D eigenvalue weighted by Gasteiger charge is -2.43. The van der Waals surface area contributed by atoms with Gasteiger partial charge in [0.05, 0.1) is 13.2 Å². The number of rotatable bonds is 6. The second kappa shape index (κ2) is 6.80. The standard InChI is InChI=1S/C16H26N6O/c1-4-13-10-14(22-15(20-13)18-12-19-22)17-11-16(3,5-2)21-6-8-23-9-7-21/h10,12,17H,4-9,11H2,1-3H3. The second-order valence-corrected chi connectivity index (χ2v) is 6.26. The number of morpholine rings is 1. The van der Waals surface area contributed by atoms with Crippen molar-refractivity contribution in [3.8, 4) is 0 Å². The van der Waals surface area contributed by atoms with E-state index < -0.39 is 0 Å². The van der Waals surface area contributed by atoms with Crippen molar-refractivity contribution in [1.82, 2.24) is 24.5 Å². The molecule has 3 heterocycles. The highest BCUT2D eigenvalue weighted by atomic mass is 16.5. The molecule has 0 aliphatic carbocycles. The van der Waals surface area contributed by atoms with E-state index in [0.29, 0.717) is 5.78 Å². The van der Waals surface area contributed by atoms with Gasteiger partial charge in [-0.25, -0.2) is 4.98 Å². The molecule has 7 nitrogen and oxygen atoms in total. The molecular formula is C16H26N6O. The van der Waals surface area contributed by atoms with Crippen LogP contribution in [0.4, 0.5) is 5.82 Å². The smallest absolute Gasteiger partial charge is 0.254 e. The van der Waals surface area contributed by atoms with E-state index in [-0.39, 0.29) is 5.54 Å². The third kappa shape index (κ3) is 3.30. The first-order chi connectivity index (χ1) is 11.2. The van der Waals surface area contributed by atoms with E-state index in [1.54, 1.807) is 10.8 Å². The fourth-order valence-electron chi connectivity index (χ4n) is 3.01. The van der Waals surface area contributed by atoms with Crippen LogP contribution >= 0.6 is 0 Å². The van der Waals surface area contributed by atoms with Gasteiger partial charge in [0.15, 0.2) is 0 Å². The zero-order chi connectivity index (χ0) is 16.3. The maximum absolute atomic E-state index is 5.49. The number of nitrogens with one attached hydrogen (secondary N) is 1. The van der Waals surface area contributed by atoms with Gasteiger partial charge in [0, 0.05) is 36.9 Å². The first-order valence-electron chi connectivity index (χ1n) is 8.42. The molecule has 1 fully saturated rings. The highest BCUT2D eigenvalue weighted by Crippen LogP contribution is 2.22. The minimum absolute atomic E-state index is 0.0896. The van der Waals surface area contributed by atoms with Crippen LogP contribution in [0.5, 0.6) is 0 Å². The Kier molecular flexibility index (Phi) is 4.77. The predicted octanol–water partition coefficient (Wildman–Crippen LogP) is 1.60. The minimum atomic E-state index is 0.0896. The zero-order valence-electron chi connectivity index (χ0n) is 14.2. The Hall–Kier alpha value is -1.73. The fourth-order valence-corrected chi connectivity index (χ4v) is 3.01. The highest BCUT2D eigenvalue weighted by molar-refractivity contribution is 5.45. The number of aryl methyl sites for hydroxylation is 1. The van der Waals surface area contributed by atoms with Crippen molar-refractivity contribution >= 4 is 11.6 Å². The van der Waals surface area contributed by atoms with E-state index in [9.17, 15) is 0 Å². The van der Waals surface area contributed by atoms with Gasteiger partial charge >= 0.3 is 0 Å². The Morgan fingerprint density at radius 1 is 1.30 bits per heavy atom. The van der Waals surface area contributed by atoms with Crippen LogP contribution in [0.15, 0.2) is 12.4 Å². The van der Waals surface area contributed by atoms with Gasteiger partial charge in [-0.05, 0) is 19.8 Å². The third-order valence-electron chi connectivity index (χ3n) is 4.85. The molecule has 1 aliphatic heterocycles. The van der Waals surface area contributed by atoms with Crippen LogP contribution < -0.4 is 5.32 Å². The Morgan fingerprint density at radius 2 is 2.09 bits per heavy atom. The third-order valence-corrected chi connectivity index (χ3v) is 4.85. The molecule has 1 unspecified atom stereocenters. The number of ether oxygens (including phenoxy) is 1. The number of aromatic nitrogens is 4. The molecule has 0 aromatic carbocycles. The van der Waals surface area contributed by atoms with Crippen LogP contribution in [0, 0.1) is 0 Å². The van der Waals surface area contributed by atoms with Crippen molar-refractivity contribution in [1.29, 1.82) is 0 Å². The summed E-state index contributed by atoms with van der Waals surface area (Å²) in [5.74, 6) is 1.61. The van der Waals surface area contributed by atoms with Gasteiger partial charge < -0.3 is 10.1 Å². The van der Waals surface area contributed by atoms with Crippen LogP contribution in [-0.2, 0) is 11.2 Å². The molecule has 0 saturated carbocycles. The van der Waals surface area contributed by atoms with E-state index in [2.05, 4.69) is 52.1 Å². The van der Waals surface area contributed by atoms with E-state index in [4.69, 9.17) is 4.74 Å². The molecule has 126 valence electrons. The van der Waals surface area contributed by atoms with Gasteiger partial charge in [0.2, 0.25) is 0 Å². The number of hydrogen-bond donors (Lipinski definition) is 1. The van der Waals surface area contributed by atoms with Crippen molar-refractivity contribution in [3.63, 3.8) is 0 Å². The van der Waals surface area contributed by atoms with Gasteiger partial charge in [-0.1, -0.05) is 13.8 Å². The monoisotopic (exact) mass is 318 g/mol. The summed E-state index contributed by atoms with van der Waals surface area (Å²) in [5.41, 5.74) is 1.12. The van der Waals surface area contributed by atoms with E-state index in [1.165, 1.54) is 0 Å². The molecule has 0 radical (unpaired) electrons. The van der Waals surface area contributed by atoms with Crippen LogP contribution in [-0.4, -0.2) is 62.9 Å². The molecular weight excluding hydrogens is 292 g/mol. The number of fused-ring (bicyclic) bond motifs is 1. The van der Waals surface area contributed by atoms with Crippen LogP contribution in [0.25, 0.3) is 5.78 Å². The van der Waals surface area contributed by atoms with Crippen molar-refractivity contribution in [2.45, 2.75) is 39.2 Å². The summed E-state index contributed by atoms with van der Waals surface area (Å²) >= 11 is 0. The van der Waals surface area contributed by atoms with Crippen LogP contribution in [0.2, 0.25) is 0 Å². The molecule has 0 amide bonds. The van der Waals surface area contributed by atoms with Crippen molar-refractivity contribution in [2.24, 2.45) is 0 Å². The van der Waals surface area contributed by atoms with Gasteiger partial charge in [-0.15, -0.1) is 0 Å². The molecule has 2 aromatic rings. The summed E-state index contributed by atoms with van der Waals surface area (Å²) in [4.78, 5) is 11.2. The van der Waals surface area contributed by atoms with Crippen molar-refractivity contribution in [2.75, 3.05) is 38.2 Å². The van der Waals surface area contributed by atoms with Gasteiger partial charge in [-0.2, -0.15) is 14.6 Å². The normalized spacial score (nSPS) is 18.9. The average molecular weight is 318 g/mol. The van der Waals surface area contributed by atoms with E-state index in [1.807, 2.05) is 0 Å². The first kappa shape index (κ1) is 16.1. The molecule has 1 saturated heterocycles. The first-order valence-corrected chi connectivity index (χ1v) is 8.42. The van der Waals surface area contributed by atoms with E-state index in [0.717, 1.165) is 57.2 Å². The molecule has 1 N–H and O–H groups in total. The Labute approximate surface area is 137 Å². The van der Waals surface area contributed by atoms with Crippen molar-refractivity contribution in [3.05, 3.63) is 18.1 Å². The Morgan fingerprint density at radius 3 is 2.78 bits per heavy atom. The topological polar surface area (TPSA) is 67.6 Å². The van der Waals surface area contributed by atoms with E-state index >= 15 is 0 Å². The average Bonchev–Trinajstić information content (AvgIpc) is 3.08. The molecule has 0 bridgehead atoms. The summed E-state index contributed by atoms with van der Waals surface area (Å²) in [5, 5.41) is 7.86. The second-order valence-electron chi connectivity index (χ2n) is 6.26. The maximum atomic E-state index is 5.49. The SMILES string of the molecule is CCc1cc(NCC(C)(CC)N2CCOCC2)n2ncnc2n1. The summed E-state index contributed by atoms with van der Waals surface area (Å²) in [7, 11) is 0. The summed E-state index contributed by atoms with van der Waals surface area (Å²) in [6, 6.07) is 2.07. The maximum Gasteiger partial charge on any atom is 0.254 e. The number of hydrogen-bond acceptors (Lipinski definition) is 6. The zero-order valence-corrected chi connectivity index (χ0v) is 14.2. The molecule has 2 aromatic heterocycles. The molecule has 3 rings (SSSR count). The lowest BCUT2D eigenvalue weighted by Crippen LogP contribution is -2.55. The lowest BCUT2D eigenvalue weighted by atomic mass is 9.95. The van der Waals surface area contributed by atoms with Gasteiger partial charge in [0.25, 0.3) is 5.78 Å². The lowest BCUT2D eigenvalue weighted by molar-refractivity contribution is -0.0131. The van der Waals surface area contributed by atoms with Crippen LogP contribution in [0.3, 0.4) is 0 Å². The summed E-state index contributed by atoms with van der Waals surface area (Å²) in [6.07, 6.45) is 3.51. The largest absolute Gasteiger partial charge is 0.379 e. The minimum Gasteiger partial charge on any atom is -0.379 e. The molecule has 23 heavy (non-hydrogen) atoms. The molecule has 7 heteroatoms. The van der Waals surface area contributed by atoms with Gasteiger partial charge in [0.1, 0.15) is 12.1 Å². The summed E-state index contributed by atoms with van der Waals surface area (Å²) in [6.45, 7) is 11.1. The summed E-state index contributed by atoms with van der Waals surface area (Å²) < 4.78 is 7.26. The predicted molar refractivity (Wildman–Crippen MR) is 89.7 cm³/mol. The molecule has 1 atom stereocenters.